The maximum Gasteiger partial charge on any atom is 0.475 e. The van der Waals surface area contributed by atoms with Crippen molar-refractivity contribution in [2.45, 2.75) is 44.6 Å². The van der Waals surface area contributed by atoms with Gasteiger partial charge >= 0.3 is 13.5 Å². The number of nitrogens with one attached hydrogen (secondary N) is 1. The number of H-pyrrole nitrogens is 1. The number of rotatable bonds is 8. The molecule has 4 atom stereocenters. The van der Waals surface area contributed by atoms with Crippen LogP contribution in [0.15, 0.2) is 21.9 Å². The first-order chi connectivity index (χ1) is 12.3. The van der Waals surface area contributed by atoms with E-state index in [0.717, 1.165) is 0 Å². The molecule has 1 aromatic rings. The smallest absolute Gasteiger partial charge is 0.385 e. The fourth-order valence-electron chi connectivity index (χ4n) is 2.73. The Hall–Kier alpha value is -1.29. The van der Waals surface area contributed by atoms with Gasteiger partial charge in [-0.25, -0.2) is 9.36 Å². The number of hydrogen-bond donors (Lipinski definition) is 1. The van der Waals surface area contributed by atoms with Gasteiger partial charge < -0.3 is 9.47 Å². The first kappa shape index (κ1) is 21.0. The van der Waals surface area contributed by atoms with Crippen LogP contribution in [0.4, 0.5) is 0 Å². The zero-order valence-corrected chi connectivity index (χ0v) is 16.1. The van der Waals surface area contributed by atoms with Crippen molar-refractivity contribution in [1.29, 1.82) is 0 Å². The fourth-order valence-corrected chi connectivity index (χ4v) is 4.32. The van der Waals surface area contributed by atoms with Crippen LogP contribution in [0.5, 0.6) is 0 Å². The third kappa shape index (κ3) is 5.12. The summed E-state index contributed by atoms with van der Waals surface area (Å²) >= 11 is 0. The van der Waals surface area contributed by atoms with E-state index >= 15 is 0 Å². The molecule has 0 amide bonds. The van der Waals surface area contributed by atoms with Crippen molar-refractivity contribution in [3.05, 3.63) is 33.1 Å². The summed E-state index contributed by atoms with van der Waals surface area (Å²) < 4.78 is 40.8. The maximum absolute atomic E-state index is 12.8. The molecule has 2 heterocycles. The zero-order chi connectivity index (χ0) is 19.3. The van der Waals surface area contributed by atoms with Gasteiger partial charge in [-0.2, -0.15) is 0 Å². The Bertz CT molecular complexity index is 746. The maximum atomic E-state index is 12.8. The van der Waals surface area contributed by atoms with E-state index in [1.165, 1.54) is 31.0 Å². The number of hydrogen-bond acceptors (Lipinski definition) is 8. The molecule has 0 spiro atoms. The number of phosphoric acid groups is 1. The predicted molar refractivity (Wildman–Crippen MR) is 92.3 cm³/mol. The summed E-state index contributed by atoms with van der Waals surface area (Å²) in [6, 6.07) is 0.615. The lowest BCUT2D eigenvalue weighted by atomic mass is 10.0. The second-order valence-corrected chi connectivity index (χ2v) is 7.68. The topological polar surface area (TPSA) is 118 Å². The summed E-state index contributed by atoms with van der Waals surface area (Å²) in [4.78, 5) is 25.8. The van der Waals surface area contributed by atoms with Crippen LogP contribution < -0.4 is 11.2 Å². The second kappa shape index (κ2) is 9.07. The Morgan fingerprint density at radius 1 is 1.38 bits per heavy atom. The Balaban J connectivity index is 2.40. The molecule has 148 valence electrons. The third-order valence-electron chi connectivity index (χ3n) is 3.86. The van der Waals surface area contributed by atoms with E-state index in [9.17, 15) is 14.2 Å². The van der Waals surface area contributed by atoms with Gasteiger partial charge in [-0.1, -0.05) is 0 Å². The van der Waals surface area contributed by atoms with Gasteiger partial charge in [-0.3, -0.25) is 27.9 Å². The van der Waals surface area contributed by atoms with Gasteiger partial charge in [0.25, 0.3) is 5.56 Å². The highest BCUT2D eigenvalue weighted by Gasteiger charge is 2.46. The quantitative estimate of drug-likeness (QED) is 0.653. The standard InChI is InChI=1S/C15H25N2O8P/c1-10(2)24-26(20)23-9-12(22-4)14(25-26)11(6-8-21-3)17-7-5-13(18)16-15(17)19/h5,7,10-12,14H,6,8-9H2,1-4H3,(H,16,18,19)/t11-,12+,14-,26?/m0/s1. The number of methoxy groups -OCH3 is 2. The molecule has 10 nitrogen and oxygen atoms in total. The van der Waals surface area contributed by atoms with Crippen LogP contribution in [0.25, 0.3) is 0 Å². The molecule has 1 fully saturated rings. The molecule has 1 saturated heterocycles. The average molecular weight is 392 g/mol. The number of aromatic nitrogens is 2. The molecule has 1 aliphatic heterocycles. The predicted octanol–water partition coefficient (Wildman–Crippen LogP) is 1.08. The van der Waals surface area contributed by atoms with Crippen molar-refractivity contribution in [2.75, 3.05) is 27.4 Å². The molecule has 1 aromatic heterocycles. The highest BCUT2D eigenvalue weighted by atomic mass is 31.2. The SMILES string of the molecule is COCC[C@@H]([C@@H]1OP(=O)(OC(C)C)OC[C@H]1OC)n1ccc(=O)[nH]c1=O. The van der Waals surface area contributed by atoms with Crippen molar-refractivity contribution >= 4 is 7.82 Å². The van der Waals surface area contributed by atoms with Crippen LogP contribution >= 0.6 is 7.82 Å². The lowest BCUT2D eigenvalue weighted by Gasteiger charge is -2.39. The van der Waals surface area contributed by atoms with Gasteiger partial charge in [-0.05, 0) is 20.3 Å². The van der Waals surface area contributed by atoms with E-state index in [0.29, 0.717) is 13.0 Å². The largest absolute Gasteiger partial charge is 0.475 e. The molecular formula is C15H25N2O8P. The minimum absolute atomic E-state index is 0.0211. The Kier molecular flexibility index (Phi) is 7.33. The van der Waals surface area contributed by atoms with Gasteiger partial charge in [0.2, 0.25) is 0 Å². The van der Waals surface area contributed by atoms with Gasteiger partial charge in [0.15, 0.2) is 0 Å². The normalized spacial score (nSPS) is 27.6. The summed E-state index contributed by atoms with van der Waals surface area (Å²) in [7, 11) is -0.824. The highest BCUT2D eigenvalue weighted by molar-refractivity contribution is 7.48. The number of nitrogens with zero attached hydrogens (tertiary/aromatic N) is 1. The molecule has 26 heavy (non-hydrogen) atoms. The van der Waals surface area contributed by atoms with Gasteiger partial charge in [0, 0.05) is 33.1 Å². The second-order valence-electron chi connectivity index (χ2n) is 6.11. The molecule has 2 rings (SSSR count). The van der Waals surface area contributed by atoms with E-state index in [2.05, 4.69) is 4.98 Å². The number of aromatic amines is 1. The molecule has 1 N–H and O–H groups in total. The summed E-state index contributed by atoms with van der Waals surface area (Å²) in [5.41, 5.74) is -1.12. The van der Waals surface area contributed by atoms with Crippen molar-refractivity contribution < 1.29 is 27.6 Å². The number of phosphoric ester groups is 1. The van der Waals surface area contributed by atoms with Gasteiger partial charge in [-0.15, -0.1) is 0 Å². The first-order valence-corrected chi connectivity index (χ1v) is 9.70. The van der Waals surface area contributed by atoms with E-state index in [-0.39, 0.29) is 12.7 Å². The molecule has 0 saturated carbocycles. The van der Waals surface area contributed by atoms with Crippen LogP contribution in [-0.4, -0.2) is 55.3 Å². The molecule has 0 bridgehead atoms. The summed E-state index contributed by atoms with van der Waals surface area (Å²) in [5.74, 6) is 0. The average Bonchev–Trinajstić information content (AvgIpc) is 2.56. The fraction of sp³-hybridized carbons (Fsp3) is 0.733. The van der Waals surface area contributed by atoms with Crippen molar-refractivity contribution in [3.8, 4) is 0 Å². The minimum atomic E-state index is -3.82. The van der Waals surface area contributed by atoms with E-state index < -0.39 is 37.3 Å². The zero-order valence-electron chi connectivity index (χ0n) is 15.2. The van der Waals surface area contributed by atoms with Crippen molar-refractivity contribution in [2.24, 2.45) is 0 Å². The summed E-state index contributed by atoms with van der Waals surface area (Å²) in [6.45, 7) is 3.70. The molecular weight excluding hydrogens is 367 g/mol. The Morgan fingerprint density at radius 2 is 2.12 bits per heavy atom. The van der Waals surface area contributed by atoms with Crippen LogP contribution in [0.3, 0.4) is 0 Å². The summed E-state index contributed by atoms with van der Waals surface area (Å²) in [6.07, 6.45) is -0.0601. The summed E-state index contributed by atoms with van der Waals surface area (Å²) in [5, 5.41) is 0. The van der Waals surface area contributed by atoms with Crippen LogP contribution in [-0.2, 0) is 27.6 Å². The van der Waals surface area contributed by atoms with Gasteiger partial charge in [0.05, 0.1) is 18.8 Å². The Labute approximate surface area is 151 Å². The molecule has 1 aliphatic rings. The monoisotopic (exact) mass is 392 g/mol. The molecule has 1 unspecified atom stereocenters. The highest BCUT2D eigenvalue weighted by Crippen LogP contribution is 2.56. The third-order valence-corrected chi connectivity index (χ3v) is 5.51. The lowest BCUT2D eigenvalue weighted by Crippen LogP contribution is -2.47. The van der Waals surface area contributed by atoms with Crippen LogP contribution in [0, 0.1) is 0 Å². The molecule has 0 aliphatic carbocycles. The minimum Gasteiger partial charge on any atom is -0.385 e. The van der Waals surface area contributed by atoms with Crippen LogP contribution in [0.1, 0.15) is 26.3 Å². The van der Waals surface area contributed by atoms with E-state index in [4.69, 9.17) is 23.0 Å². The molecule has 11 heteroatoms. The lowest BCUT2D eigenvalue weighted by molar-refractivity contribution is -0.103. The van der Waals surface area contributed by atoms with Crippen molar-refractivity contribution in [1.82, 2.24) is 9.55 Å². The van der Waals surface area contributed by atoms with E-state index in [1.807, 2.05) is 0 Å². The first-order valence-electron chi connectivity index (χ1n) is 8.24. The van der Waals surface area contributed by atoms with E-state index in [1.54, 1.807) is 13.8 Å². The van der Waals surface area contributed by atoms with Gasteiger partial charge in [0.1, 0.15) is 12.2 Å². The Morgan fingerprint density at radius 3 is 2.69 bits per heavy atom. The van der Waals surface area contributed by atoms with Crippen molar-refractivity contribution in [3.63, 3.8) is 0 Å². The number of ether oxygens (including phenoxy) is 2. The molecule has 0 aromatic carbocycles. The van der Waals surface area contributed by atoms with Crippen LogP contribution in [0.2, 0.25) is 0 Å². The molecule has 0 radical (unpaired) electrons.